The first kappa shape index (κ1) is 17.6. The highest BCUT2D eigenvalue weighted by molar-refractivity contribution is 5.95. The smallest absolute Gasteiger partial charge is 0.268 e. The molecule has 0 radical (unpaired) electrons. The van der Waals surface area contributed by atoms with Crippen LogP contribution in [0.25, 0.3) is 5.69 Å². The number of pyridine rings is 1. The lowest BCUT2D eigenvalue weighted by Crippen LogP contribution is -2.38. The van der Waals surface area contributed by atoms with Crippen LogP contribution in [0.4, 0.5) is 0 Å². The molecule has 6 nitrogen and oxygen atoms in total. The lowest BCUT2D eigenvalue weighted by Gasteiger charge is -2.25. The number of benzene rings is 1. The Morgan fingerprint density at radius 1 is 0.963 bits per heavy atom. The number of amides is 1. The summed E-state index contributed by atoms with van der Waals surface area (Å²) in [7, 11) is 0. The van der Waals surface area contributed by atoms with Crippen LogP contribution in [0.15, 0.2) is 35.3 Å². The van der Waals surface area contributed by atoms with Crippen molar-refractivity contribution in [1.29, 1.82) is 0 Å². The van der Waals surface area contributed by atoms with Gasteiger partial charge in [0.15, 0.2) is 11.5 Å². The van der Waals surface area contributed by atoms with Gasteiger partial charge in [-0.2, -0.15) is 0 Å². The Morgan fingerprint density at radius 2 is 1.67 bits per heavy atom. The average Bonchev–Trinajstić information content (AvgIpc) is 3.09. The number of hydrogen-bond acceptors (Lipinski definition) is 4. The predicted octanol–water partition coefficient (Wildman–Crippen LogP) is 3.28. The molecule has 4 rings (SSSR count). The third-order valence-electron chi connectivity index (χ3n) is 5.29. The van der Waals surface area contributed by atoms with Gasteiger partial charge in [0.25, 0.3) is 11.5 Å². The molecule has 1 aromatic carbocycles. The highest BCUT2D eigenvalue weighted by Gasteiger charge is 2.23. The number of likely N-dealkylation sites (tertiary alicyclic amines) is 1. The van der Waals surface area contributed by atoms with E-state index in [9.17, 15) is 9.59 Å². The third-order valence-corrected chi connectivity index (χ3v) is 5.29. The molecule has 0 unspecified atom stereocenters. The van der Waals surface area contributed by atoms with Gasteiger partial charge in [-0.15, -0.1) is 0 Å². The van der Waals surface area contributed by atoms with Crippen LogP contribution in [0.3, 0.4) is 0 Å². The fourth-order valence-electron chi connectivity index (χ4n) is 3.73. The summed E-state index contributed by atoms with van der Waals surface area (Å²) in [4.78, 5) is 28.2. The van der Waals surface area contributed by atoms with E-state index in [-0.39, 0.29) is 23.8 Å². The van der Waals surface area contributed by atoms with Gasteiger partial charge in [0.1, 0.15) is 5.56 Å². The molecule has 0 aliphatic carbocycles. The summed E-state index contributed by atoms with van der Waals surface area (Å²) in [6.07, 6.45) is 7.20. The van der Waals surface area contributed by atoms with Crippen LogP contribution < -0.4 is 15.0 Å². The van der Waals surface area contributed by atoms with Crippen LogP contribution in [0.2, 0.25) is 0 Å². The van der Waals surface area contributed by atoms with Crippen molar-refractivity contribution in [2.45, 2.75) is 39.0 Å². The minimum absolute atomic E-state index is 0.158. The molecule has 0 bridgehead atoms. The highest BCUT2D eigenvalue weighted by Crippen LogP contribution is 2.33. The van der Waals surface area contributed by atoms with Crippen molar-refractivity contribution in [2.75, 3.05) is 19.9 Å². The molecular weight excluding hydrogens is 344 g/mol. The Hall–Kier alpha value is -2.76. The zero-order valence-corrected chi connectivity index (χ0v) is 15.6. The van der Waals surface area contributed by atoms with E-state index >= 15 is 0 Å². The minimum Gasteiger partial charge on any atom is -0.454 e. The lowest BCUT2D eigenvalue weighted by molar-refractivity contribution is 0.0739. The maximum absolute atomic E-state index is 13.2. The zero-order valence-electron chi connectivity index (χ0n) is 15.6. The lowest BCUT2D eigenvalue weighted by atomic mass is 10.1. The fraction of sp³-hybridized carbons (Fsp3) is 0.429. The molecular formula is C21H24N2O4. The monoisotopic (exact) mass is 368 g/mol. The molecule has 1 fully saturated rings. The van der Waals surface area contributed by atoms with Crippen LogP contribution in [0, 0.1) is 6.92 Å². The molecule has 1 aromatic heterocycles. The number of aromatic nitrogens is 1. The Morgan fingerprint density at radius 3 is 2.44 bits per heavy atom. The first-order valence-electron chi connectivity index (χ1n) is 9.57. The highest BCUT2D eigenvalue weighted by atomic mass is 16.7. The van der Waals surface area contributed by atoms with Crippen molar-refractivity contribution in [1.82, 2.24) is 9.47 Å². The van der Waals surface area contributed by atoms with E-state index in [0.29, 0.717) is 22.7 Å². The van der Waals surface area contributed by atoms with Gasteiger partial charge >= 0.3 is 0 Å². The van der Waals surface area contributed by atoms with Crippen molar-refractivity contribution in [3.05, 3.63) is 51.9 Å². The first-order chi connectivity index (χ1) is 13.1. The van der Waals surface area contributed by atoms with Crippen LogP contribution in [0.5, 0.6) is 11.5 Å². The van der Waals surface area contributed by atoms with E-state index in [4.69, 9.17) is 9.47 Å². The van der Waals surface area contributed by atoms with Gasteiger partial charge in [-0.3, -0.25) is 14.2 Å². The number of carbonyl (C=O) groups is 1. The topological polar surface area (TPSA) is 60.8 Å². The quantitative estimate of drug-likeness (QED) is 0.816. The third kappa shape index (κ3) is 3.44. The largest absolute Gasteiger partial charge is 0.454 e. The van der Waals surface area contributed by atoms with Crippen LogP contribution in [0.1, 0.15) is 48.0 Å². The molecule has 0 saturated carbocycles. The van der Waals surface area contributed by atoms with Crippen molar-refractivity contribution in [3.8, 4) is 17.2 Å². The number of rotatable bonds is 2. The van der Waals surface area contributed by atoms with Crippen LogP contribution >= 0.6 is 0 Å². The van der Waals surface area contributed by atoms with E-state index in [2.05, 4.69) is 0 Å². The summed E-state index contributed by atoms with van der Waals surface area (Å²) in [5.74, 6) is 1.11. The predicted molar refractivity (Wildman–Crippen MR) is 102 cm³/mol. The van der Waals surface area contributed by atoms with Crippen molar-refractivity contribution >= 4 is 5.91 Å². The van der Waals surface area contributed by atoms with E-state index in [1.54, 1.807) is 24.4 Å². The van der Waals surface area contributed by atoms with Gasteiger partial charge in [0.05, 0.1) is 5.69 Å². The Kier molecular flexibility index (Phi) is 4.88. The second kappa shape index (κ2) is 7.47. The van der Waals surface area contributed by atoms with Crippen LogP contribution in [-0.2, 0) is 0 Å². The van der Waals surface area contributed by atoms with Crippen LogP contribution in [-0.4, -0.2) is 35.3 Å². The van der Waals surface area contributed by atoms with Gasteiger partial charge in [-0.05, 0) is 43.5 Å². The second-order valence-corrected chi connectivity index (χ2v) is 7.15. The van der Waals surface area contributed by atoms with E-state index in [1.165, 1.54) is 11.0 Å². The molecule has 2 aromatic rings. The van der Waals surface area contributed by atoms with E-state index in [1.807, 2.05) is 17.9 Å². The average molecular weight is 368 g/mol. The summed E-state index contributed by atoms with van der Waals surface area (Å²) in [5, 5.41) is 0. The number of carbonyl (C=O) groups excluding carboxylic acids is 1. The Labute approximate surface area is 158 Å². The molecule has 1 amide bonds. The summed E-state index contributed by atoms with van der Waals surface area (Å²) in [6.45, 7) is 3.44. The molecule has 142 valence electrons. The number of aryl methyl sites for hydroxylation is 1. The maximum Gasteiger partial charge on any atom is 0.268 e. The van der Waals surface area contributed by atoms with E-state index < -0.39 is 0 Å². The van der Waals surface area contributed by atoms with Gasteiger partial charge < -0.3 is 14.4 Å². The number of hydrogen-bond donors (Lipinski definition) is 0. The molecule has 0 atom stereocenters. The van der Waals surface area contributed by atoms with Crippen molar-refractivity contribution < 1.29 is 14.3 Å². The fourth-order valence-corrected chi connectivity index (χ4v) is 3.73. The molecule has 6 heteroatoms. The molecule has 3 heterocycles. The van der Waals surface area contributed by atoms with E-state index in [0.717, 1.165) is 38.8 Å². The molecule has 2 aliphatic heterocycles. The van der Waals surface area contributed by atoms with Gasteiger partial charge in [0, 0.05) is 25.4 Å². The summed E-state index contributed by atoms with van der Waals surface area (Å²) < 4.78 is 12.2. The minimum atomic E-state index is -0.291. The second-order valence-electron chi connectivity index (χ2n) is 7.15. The Bertz CT molecular complexity index is 911. The normalized spacial score (nSPS) is 16.7. The zero-order chi connectivity index (χ0) is 18.8. The maximum atomic E-state index is 13.2. The van der Waals surface area contributed by atoms with Crippen molar-refractivity contribution in [3.63, 3.8) is 0 Å². The van der Waals surface area contributed by atoms with Crippen molar-refractivity contribution in [2.24, 2.45) is 0 Å². The number of nitrogens with zero attached hydrogens (tertiary/aromatic N) is 2. The molecule has 2 aliphatic rings. The SMILES string of the molecule is Cc1ccn(-c2ccc3c(c2)OCO3)c(=O)c1C(=O)N1CCCCCCC1. The molecule has 1 saturated heterocycles. The first-order valence-corrected chi connectivity index (χ1v) is 9.57. The number of fused-ring (bicyclic) bond motifs is 1. The summed E-state index contributed by atoms with van der Waals surface area (Å²) >= 11 is 0. The van der Waals surface area contributed by atoms with Gasteiger partial charge in [0.2, 0.25) is 6.79 Å². The molecule has 0 spiro atoms. The molecule has 27 heavy (non-hydrogen) atoms. The number of ether oxygens (including phenoxy) is 2. The summed E-state index contributed by atoms with van der Waals surface area (Å²) in [5.41, 5.74) is 1.34. The van der Waals surface area contributed by atoms with Gasteiger partial charge in [-0.25, -0.2) is 0 Å². The standard InChI is InChI=1S/C21H24N2O4/c1-15-9-12-23(16-7-8-17-18(13-16)27-14-26-17)21(25)19(15)20(24)22-10-5-3-2-4-6-11-22/h7-9,12-13H,2-6,10-11,14H2,1H3. The van der Waals surface area contributed by atoms with Gasteiger partial charge in [-0.1, -0.05) is 19.3 Å². The summed E-state index contributed by atoms with van der Waals surface area (Å²) in [6, 6.07) is 7.17. The Balaban J connectivity index is 1.70. The molecule has 0 N–H and O–H groups in total.